The molecule has 1 atom stereocenters. The van der Waals surface area contributed by atoms with E-state index in [0.29, 0.717) is 12.2 Å². The smallest absolute Gasteiger partial charge is 0.408 e. The average Bonchev–Trinajstić information content (AvgIpc) is 2.27. The molecule has 1 aromatic rings. The Hall–Kier alpha value is -2.18. The summed E-state index contributed by atoms with van der Waals surface area (Å²) in [5, 5.41) is 5.16. The average molecular weight is 264 g/mol. The molecule has 1 aromatic heterocycles. The number of hydrogen-bond donors (Lipinski definition) is 2. The van der Waals surface area contributed by atoms with Crippen LogP contribution in [0.1, 0.15) is 26.3 Å². The van der Waals surface area contributed by atoms with Gasteiger partial charge >= 0.3 is 6.09 Å². The zero-order valence-electron chi connectivity index (χ0n) is 11.1. The number of anilines is 1. The third kappa shape index (κ3) is 3.40. The van der Waals surface area contributed by atoms with E-state index < -0.39 is 17.7 Å². The second-order valence-corrected chi connectivity index (χ2v) is 5.29. The minimum atomic E-state index is -0.673. The Labute approximate surface area is 110 Å². The van der Waals surface area contributed by atoms with Gasteiger partial charge in [0.15, 0.2) is 0 Å². The lowest BCUT2D eigenvalue weighted by molar-refractivity contribution is -0.118. The van der Waals surface area contributed by atoms with Crippen LogP contribution >= 0.6 is 0 Å². The summed E-state index contributed by atoms with van der Waals surface area (Å²) in [4.78, 5) is 31.3. The van der Waals surface area contributed by atoms with Crippen molar-refractivity contribution in [3.8, 4) is 0 Å². The lowest BCUT2D eigenvalue weighted by Gasteiger charge is -2.26. The van der Waals surface area contributed by atoms with Crippen molar-refractivity contribution in [3.63, 3.8) is 0 Å². The molecular formula is C12H16N4O3. The van der Waals surface area contributed by atoms with E-state index in [1.54, 1.807) is 27.0 Å². The fraction of sp³-hybridized carbons (Fsp3) is 0.500. The molecule has 1 aliphatic rings. The predicted octanol–water partition coefficient (Wildman–Crippen LogP) is 0.865. The van der Waals surface area contributed by atoms with Crippen molar-refractivity contribution in [2.45, 2.75) is 38.8 Å². The summed E-state index contributed by atoms with van der Waals surface area (Å²) >= 11 is 0. The fourth-order valence-electron chi connectivity index (χ4n) is 1.70. The zero-order chi connectivity index (χ0) is 14.0. The fourth-order valence-corrected chi connectivity index (χ4v) is 1.70. The van der Waals surface area contributed by atoms with Crippen molar-refractivity contribution < 1.29 is 14.3 Å². The van der Waals surface area contributed by atoms with Crippen molar-refractivity contribution >= 4 is 17.8 Å². The summed E-state index contributed by atoms with van der Waals surface area (Å²) in [7, 11) is 0. The largest absolute Gasteiger partial charge is 0.444 e. The molecule has 0 saturated carbocycles. The van der Waals surface area contributed by atoms with E-state index in [1.807, 2.05) is 0 Å². The van der Waals surface area contributed by atoms with Gasteiger partial charge in [-0.05, 0) is 20.8 Å². The Bertz CT molecular complexity index is 510. The number of fused-ring (bicyclic) bond motifs is 1. The Kier molecular flexibility index (Phi) is 3.37. The SMILES string of the molecule is CC(C)(C)OC(=O)NC1Cc2cncnc2NC1=O. The summed E-state index contributed by atoms with van der Waals surface area (Å²) in [6.45, 7) is 5.28. The van der Waals surface area contributed by atoms with E-state index in [0.717, 1.165) is 5.56 Å². The van der Waals surface area contributed by atoms with Gasteiger partial charge in [-0.3, -0.25) is 4.79 Å². The molecule has 0 bridgehead atoms. The normalized spacial score (nSPS) is 18.3. The van der Waals surface area contributed by atoms with Gasteiger partial charge in [-0.1, -0.05) is 0 Å². The van der Waals surface area contributed by atoms with Crippen molar-refractivity contribution in [3.05, 3.63) is 18.1 Å². The van der Waals surface area contributed by atoms with Gasteiger partial charge in [-0.2, -0.15) is 0 Å². The Balaban J connectivity index is 2.03. The molecule has 1 aliphatic heterocycles. The van der Waals surface area contributed by atoms with Gasteiger partial charge in [0.05, 0.1) is 0 Å². The molecule has 19 heavy (non-hydrogen) atoms. The number of amides is 2. The number of alkyl carbamates (subject to hydrolysis) is 1. The summed E-state index contributed by atoms with van der Waals surface area (Å²) in [6.07, 6.45) is 2.71. The number of nitrogens with one attached hydrogen (secondary N) is 2. The molecule has 102 valence electrons. The van der Waals surface area contributed by atoms with Crippen LogP contribution in [0.25, 0.3) is 0 Å². The monoisotopic (exact) mass is 264 g/mol. The third-order valence-electron chi connectivity index (χ3n) is 2.46. The van der Waals surface area contributed by atoms with Crippen LogP contribution in [0.2, 0.25) is 0 Å². The first kappa shape index (κ1) is 13.3. The quantitative estimate of drug-likeness (QED) is 0.784. The van der Waals surface area contributed by atoms with Gasteiger partial charge in [0, 0.05) is 18.2 Å². The zero-order valence-corrected chi connectivity index (χ0v) is 11.1. The van der Waals surface area contributed by atoms with Crippen LogP contribution < -0.4 is 10.6 Å². The predicted molar refractivity (Wildman–Crippen MR) is 67.5 cm³/mol. The number of ether oxygens (including phenoxy) is 1. The van der Waals surface area contributed by atoms with Crippen molar-refractivity contribution in [2.75, 3.05) is 5.32 Å². The van der Waals surface area contributed by atoms with Gasteiger partial charge in [-0.15, -0.1) is 0 Å². The minimum Gasteiger partial charge on any atom is -0.444 e. The van der Waals surface area contributed by atoms with Crippen molar-refractivity contribution in [1.82, 2.24) is 15.3 Å². The Morgan fingerprint density at radius 3 is 2.95 bits per heavy atom. The van der Waals surface area contributed by atoms with Crippen LogP contribution in [0.3, 0.4) is 0 Å². The highest BCUT2D eigenvalue weighted by Crippen LogP contribution is 2.18. The molecule has 0 fully saturated rings. The molecule has 0 aromatic carbocycles. The summed E-state index contributed by atoms with van der Waals surface area (Å²) in [6, 6.07) is -0.673. The molecule has 2 heterocycles. The first-order valence-electron chi connectivity index (χ1n) is 5.94. The Morgan fingerprint density at radius 1 is 1.53 bits per heavy atom. The molecule has 0 spiro atoms. The van der Waals surface area contributed by atoms with Crippen LogP contribution in [-0.4, -0.2) is 33.6 Å². The number of nitrogens with zero attached hydrogens (tertiary/aromatic N) is 2. The lowest BCUT2D eigenvalue weighted by Crippen LogP contribution is -2.49. The van der Waals surface area contributed by atoms with E-state index in [2.05, 4.69) is 20.6 Å². The van der Waals surface area contributed by atoms with Crippen LogP contribution in [0.5, 0.6) is 0 Å². The maximum atomic E-state index is 11.8. The van der Waals surface area contributed by atoms with Gasteiger partial charge in [0.2, 0.25) is 5.91 Å². The molecule has 7 heteroatoms. The number of carbonyl (C=O) groups excluding carboxylic acids is 2. The van der Waals surface area contributed by atoms with Crippen LogP contribution in [0.15, 0.2) is 12.5 Å². The van der Waals surface area contributed by atoms with E-state index in [-0.39, 0.29) is 5.91 Å². The highest BCUT2D eigenvalue weighted by molar-refractivity contribution is 5.98. The van der Waals surface area contributed by atoms with Crippen LogP contribution in [0.4, 0.5) is 10.6 Å². The van der Waals surface area contributed by atoms with E-state index in [4.69, 9.17) is 4.74 Å². The second kappa shape index (κ2) is 4.83. The summed E-state index contributed by atoms with van der Waals surface area (Å²) < 4.78 is 5.12. The number of hydrogen-bond acceptors (Lipinski definition) is 5. The van der Waals surface area contributed by atoms with E-state index in [1.165, 1.54) is 6.33 Å². The first-order valence-corrected chi connectivity index (χ1v) is 5.94. The van der Waals surface area contributed by atoms with Crippen molar-refractivity contribution in [1.29, 1.82) is 0 Å². The number of aromatic nitrogens is 2. The number of carbonyl (C=O) groups is 2. The Morgan fingerprint density at radius 2 is 2.26 bits per heavy atom. The minimum absolute atomic E-state index is 0.308. The highest BCUT2D eigenvalue weighted by atomic mass is 16.6. The van der Waals surface area contributed by atoms with Crippen LogP contribution in [-0.2, 0) is 16.0 Å². The maximum absolute atomic E-state index is 11.8. The highest BCUT2D eigenvalue weighted by Gasteiger charge is 2.29. The second-order valence-electron chi connectivity index (χ2n) is 5.29. The molecule has 7 nitrogen and oxygen atoms in total. The third-order valence-corrected chi connectivity index (χ3v) is 2.46. The number of rotatable bonds is 1. The molecule has 0 saturated heterocycles. The maximum Gasteiger partial charge on any atom is 0.408 e. The van der Waals surface area contributed by atoms with E-state index >= 15 is 0 Å². The molecule has 0 radical (unpaired) electrons. The van der Waals surface area contributed by atoms with Gasteiger partial charge < -0.3 is 15.4 Å². The standard InChI is InChI=1S/C12H16N4O3/c1-12(2,3)19-11(18)15-8-4-7-5-13-6-14-9(7)16-10(8)17/h5-6,8H,4H2,1-3H3,(H,15,18)(H,13,14,16,17). The molecule has 2 rings (SSSR count). The van der Waals surface area contributed by atoms with Crippen LogP contribution in [0, 0.1) is 0 Å². The van der Waals surface area contributed by atoms with Gasteiger partial charge in [0.1, 0.15) is 23.8 Å². The molecule has 0 aliphatic carbocycles. The van der Waals surface area contributed by atoms with E-state index in [9.17, 15) is 9.59 Å². The summed E-state index contributed by atoms with van der Waals surface area (Å²) in [5.74, 6) is 0.180. The summed E-state index contributed by atoms with van der Waals surface area (Å²) in [5.41, 5.74) is 0.180. The molecule has 2 N–H and O–H groups in total. The lowest BCUT2D eigenvalue weighted by atomic mass is 10.0. The molecular weight excluding hydrogens is 248 g/mol. The molecule has 2 amide bonds. The first-order chi connectivity index (χ1) is 8.85. The van der Waals surface area contributed by atoms with Crippen molar-refractivity contribution in [2.24, 2.45) is 0 Å². The van der Waals surface area contributed by atoms with Gasteiger partial charge in [0.25, 0.3) is 0 Å². The molecule has 1 unspecified atom stereocenters. The topological polar surface area (TPSA) is 93.2 Å². The van der Waals surface area contributed by atoms with Gasteiger partial charge in [-0.25, -0.2) is 14.8 Å².